The van der Waals surface area contributed by atoms with Crippen LogP contribution in [0.5, 0.6) is 0 Å². The van der Waals surface area contributed by atoms with E-state index >= 15 is 0 Å². The van der Waals surface area contributed by atoms with Crippen LogP contribution in [-0.2, 0) is 4.79 Å². The van der Waals surface area contributed by atoms with Gasteiger partial charge in [0.05, 0.1) is 11.5 Å². The van der Waals surface area contributed by atoms with Crippen LogP contribution in [0.1, 0.15) is 30.1 Å². The highest BCUT2D eigenvalue weighted by Crippen LogP contribution is 2.26. The molecule has 2 rings (SSSR count). The minimum absolute atomic E-state index is 0.0192. The molecule has 1 heterocycles. The van der Waals surface area contributed by atoms with E-state index in [0.717, 1.165) is 0 Å². The van der Waals surface area contributed by atoms with E-state index in [1.54, 1.807) is 4.90 Å². The molecule has 1 aromatic carbocycles. The second kappa shape index (κ2) is 8.26. The molecule has 0 unspecified atom stereocenters. The fourth-order valence-electron chi connectivity index (χ4n) is 3.11. The highest BCUT2D eigenvalue weighted by molar-refractivity contribution is 6.31. The zero-order valence-corrected chi connectivity index (χ0v) is 14.6. The van der Waals surface area contributed by atoms with Gasteiger partial charge in [0.2, 0.25) is 0 Å². The molecular formula is C16H20ClN3O5. The number of carboxylic acid groups (broad SMARTS) is 1. The summed E-state index contributed by atoms with van der Waals surface area (Å²) in [4.78, 5) is 37.5. The predicted molar refractivity (Wildman–Crippen MR) is 91.9 cm³/mol. The smallest absolute Gasteiger partial charge is 0.317 e. The minimum atomic E-state index is -0.878. The topological polar surface area (TPSA) is 104 Å². The number of nitrogens with zero attached hydrogens (tertiary/aromatic N) is 3. The lowest BCUT2D eigenvalue weighted by molar-refractivity contribution is -0.385. The maximum atomic E-state index is 12.6. The molecule has 0 aliphatic carbocycles. The number of nitro groups is 1. The summed E-state index contributed by atoms with van der Waals surface area (Å²) in [6.45, 7) is 3.35. The van der Waals surface area contributed by atoms with Crippen molar-refractivity contribution >= 4 is 29.2 Å². The van der Waals surface area contributed by atoms with Gasteiger partial charge in [0.15, 0.2) is 0 Å². The molecule has 1 saturated heterocycles. The highest BCUT2D eigenvalue weighted by Gasteiger charge is 2.30. The number of carbonyl (C=O) groups is 2. The van der Waals surface area contributed by atoms with Crippen LogP contribution >= 0.6 is 11.6 Å². The minimum Gasteiger partial charge on any atom is -0.480 e. The fourth-order valence-corrected chi connectivity index (χ4v) is 3.28. The van der Waals surface area contributed by atoms with Crippen LogP contribution in [0, 0.1) is 10.1 Å². The summed E-state index contributed by atoms with van der Waals surface area (Å²) in [6, 6.07) is 4.09. The molecule has 136 valence electrons. The van der Waals surface area contributed by atoms with E-state index in [9.17, 15) is 19.7 Å². The number of nitro benzene ring substituents is 1. The van der Waals surface area contributed by atoms with Crippen molar-refractivity contribution in [2.45, 2.75) is 25.8 Å². The largest absolute Gasteiger partial charge is 0.480 e. The number of piperidine rings is 1. The number of carboxylic acids is 1. The number of rotatable bonds is 6. The van der Waals surface area contributed by atoms with Gasteiger partial charge in [-0.25, -0.2) is 0 Å². The number of aliphatic carboxylic acids is 1. The van der Waals surface area contributed by atoms with Crippen molar-refractivity contribution in [1.29, 1.82) is 0 Å². The molecule has 0 radical (unpaired) electrons. The molecule has 0 saturated carbocycles. The lowest BCUT2D eigenvalue weighted by Crippen LogP contribution is -2.48. The zero-order chi connectivity index (χ0) is 18.6. The summed E-state index contributed by atoms with van der Waals surface area (Å²) in [6.07, 6.45) is 1.27. The number of hydrogen-bond acceptors (Lipinski definition) is 5. The molecule has 25 heavy (non-hydrogen) atoms. The summed E-state index contributed by atoms with van der Waals surface area (Å²) >= 11 is 5.78. The first-order chi connectivity index (χ1) is 11.8. The Bertz CT molecular complexity index is 674. The molecule has 1 aliphatic rings. The van der Waals surface area contributed by atoms with Crippen molar-refractivity contribution < 1.29 is 19.6 Å². The summed E-state index contributed by atoms with van der Waals surface area (Å²) < 4.78 is 0. The Labute approximate surface area is 150 Å². The van der Waals surface area contributed by atoms with E-state index < -0.39 is 16.8 Å². The lowest BCUT2D eigenvalue weighted by Gasteiger charge is -2.37. The van der Waals surface area contributed by atoms with Crippen LogP contribution in [0.15, 0.2) is 18.2 Å². The molecule has 1 amide bonds. The second-order valence-corrected chi connectivity index (χ2v) is 6.34. The molecule has 1 aliphatic heterocycles. The Balaban J connectivity index is 2.07. The van der Waals surface area contributed by atoms with Gasteiger partial charge in [-0.2, -0.15) is 0 Å². The first-order valence-corrected chi connectivity index (χ1v) is 8.40. The van der Waals surface area contributed by atoms with Gasteiger partial charge < -0.3 is 10.0 Å². The molecule has 9 heteroatoms. The molecule has 0 atom stereocenters. The van der Waals surface area contributed by atoms with Gasteiger partial charge in [0, 0.05) is 30.2 Å². The van der Waals surface area contributed by atoms with Gasteiger partial charge in [-0.15, -0.1) is 0 Å². The zero-order valence-electron chi connectivity index (χ0n) is 13.9. The molecule has 0 spiro atoms. The van der Waals surface area contributed by atoms with Gasteiger partial charge in [0.1, 0.15) is 5.56 Å². The molecular weight excluding hydrogens is 350 g/mol. The van der Waals surface area contributed by atoms with Crippen LogP contribution in [0.3, 0.4) is 0 Å². The van der Waals surface area contributed by atoms with E-state index in [0.29, 0.717) is 32.5 Å². The number of benzene rings is 1. The molecule has 1 N–H and O–H groups in total. The van der Waals surface area contributed by atoms with Crippen molar-refractivity contribution in [3.05, 3.63) is 38.9 Å². The third kappa shape index (κ3) is 4.67. The van der Waals surface area contributed by atoms with E-state index in [1.807, 2.05) is 11.8 Å². The monoisotopic (exact) mass is 369 g/mol. The highest BCUT2D eigenvalue weighted by atomic mass is 35.5. The Morgan fingerprint density at radius 3 is 2.56 bits per heavy atom. The third-order valence-electron chi connectivity index (χ3n) is 4.40. The van der Waals surface area contributed by atoms with Crippen LogP contribution in [0.2, 0.25) is 5.02 Å². The number of likely N-dealkylation sites (N-methyl/N-ethyl adjacent to an activating group) is 1. The first kappa shape index (κ1) is 19.1. The third-order valence-corrected chi connectivity index (χ3v) is 4.63. The van der Waals surface area contributed by atoms with E-state index in [4.69, 9.17) is 16.7 Å². The second-order valence-electron chi connectivity index (χ2n) is 5.90. The van der Waals surface area contributed by atoms with Gasteiger partial charge in [-0.05, 0) is 31.5 Å². The Kier molecular flexibility index (Phi) is 6.33. The molecule has 8 nitrogen and oxygen atoms in total. The van der Waals surface area contributed by atoms with Crippen LogP contribution in [-0.4, -0.2) is 63.9 Å². The summed E-state index contributed by atoms with van der Waals surface area (Å²) in [5.41, 5.74) is -0.286. The fraction of sp³-hybridized carbons (Fsp3) is 0.500. The van der Waals surface area contributed by atoms with Gasteiger partial charge in [0.25, 0.3) is 11.6 Å². The normalized spacial score (nSPS) is 15.4. The molecule has 1 fully saturated rings. The number of hydrogen-bond donors (Lipinski definition) is 1. The van der Waals surface area contributed by atoms with Crippen molar-refractivity contribution in [3.63, 3.8) is 0 Å². The van der Waals surface area contributed by atoms with Gasteiger partial charge in [-0.3, -0.25) is 24.6 Å². The molecule has 0 bridgehead atoms. The van der Waals surface area contributed by atoms with Crippen molar-refractivity contribution in [3.8, 4) is 0 Å². The van der Waals surface area contributed by atoms with Crippen molar-refractivity contribution in [2.24, 2.45) is 0 Å². The first-order valence-electron chi connectivity index (χ1n) is 8.02. The number of halogens is 1. The van der Waals surface area contributed by atoms with Gasteiger partial charge >= 0.3 is 5.97 Å². The van der Waals surface area contributed by atoms with Crippen molar-refractivity contribution in [2.75, 3.05) is 26.2 Å². The average Bonchev–Trinajstić information content (AvgIpc) is 2.59. The molecule has 1 aromatic rings. The average molecular weight is 370 g/mol. The maximum Gasteiger partial charge on any atom is 0.317 e. The van der Waals surface area contributed by atoms with Crippen LogP contribution in [0.25, 0.3) is 0 Å². The van der Waals surface area contributed by atoms with Gasteiger partial charge in [-0.1, -0.05) is 18.5 Å². The number of amides is 1. The summed E-state index contributed by atoms with van der Waals surface area (Å²) in [5.74, 6) is -1.28. The van der Waals surface area contributed by atoms with Crippen LogP contribution < -0.4 is 0 Å². The van der Waals surface area contributed by atoms with E-state index in [-0.39, 0.29) is 28.9 Å². The Morgan fingerprint density at radius 1 is 1.40 bits per heavy atom. The van der Waals surface area contributed by atoms with E-state index in [2.05, 4.69) is 0 Å². The Morgan fingerprint density at radius 2 is 2.04 bits per heavy atom. The number of likely N-dealkylation sites (tertiary alicyclic amines) is 1. The quantitative estimate of drug-likeness (QED) is 0.609. The molecule has 0 aromatic heterocycles. The SMILES string of the molecule is CCN(CC(=O)O)C1CCN(C(=O)c2ccc(Cl)cc2[N+](=O)[O-])CC1. The predicted octanol–water partition coefficient (Wildman–Crippen LogP) is 2.26. The summed E-state index contributed by atoms with van der Waals surface area (Å²) in [5, 5.41) is 20.3. The Hall–Kier alpha value is -2.19. The van der Waals surface area contributed by atoms with E-state index in [1.165, 1.54) is 18.2 Å². The summed E-state index contributed by atoms with van der Waals surface area (Å²) in [7, 11) is 0. The van der Waals surface area contributed by atoms with Crippen LogP contribution in [0.4, 0.5) is 5.69 Å². The standard InChI is InChI=1S/C16H20ClN3O5/c1-2-18(10-15(21)22)12-5-7-19(8-6-12)16(23)13-4-3-11(17)9-14(13)20(24)25/h3-4,9,12H,2,5-8,10H2,1H3,(H,21,22). The maximum absolute atomic E-state index is 12.6. The van der Waals surface area contributed by atoms with Crippen molar-refractivity contribution in [1.82, 2.24) is 9.80 Å². The number of carbonyl (C=O) groups excluding carboxylic acids is 1. The lowest BCUT2D eigenvalue weighted by atomic mass is 10.0.